The van der Waals surface area contributed by atoms with Crippen LogP contribution in [-0.4, -0.2) is 9.13 Å². The Hall–Kier alpha value is -17.3. The molecule has 130 heavy (non-hydrogen) atoms. The fourth-order valence-electron chi connectivity index (χ4n) is 20.9. The zero-order chi connectivity index (χ0) is 85.4. The van der Waals surface area contributed by atoms with Crippen molar-refractivity contribution in [3.63, 3.8) is 0 Å². The van der Waals surface area contributed by atoms with Gasteiger partial charge in [0.1, 0.15) is 22.3 Å². The summed E-state index contributed by atoms with van der Waals surface area (Å²) >= 11 is 0. The minimum absolute atomic E-state index is 0.832. The van der Waals surface area contributed by atoms with E-state index in [1.165, 1.54) is 76.1 Å². The summed E-state index contributed by atoms with van der Waals surface area (Å²) in [5.74, 6) is 0. The van der Waals surface area contributed by atoms with Crippen LogP contribution in [-0.2, 0) is 0 Å². The zero-order valence-corrected chi connectivity index (χ0v) is 70.6. The molecular formula is C124H78N4O2. The van der Waals surface area contributed by atoms with Crippen LogP contribution < -0.4 is 9.80 Å². The van der Waals surface area contributed by atoms with Crippen LogP contribution in [0.15, 0.2) is 482 Å². The molecule has 0 N–H and O–H groups in total. The van der Waals surface area contributed by atoms with Crippen molar-refractivity contribution < 1.29 is 8.83 Å². The summed E-state index contributed by atoms with van der Waals surface area (Å²) in [6.45, 7) is 0. The van der Waals surface area contributed by atoms with Gasteiger partial charge in [-0.15, -0.1) is 0 Å². The van der Waals surface area contributed by atoms with Crippen LogP contribution in [0.2, 0.25) is 0 Å². The normalized spacial score (nSPS) is 11.8. The van der Waals surface area contributed by atoms with E-state index in [4.69, 9.17) is 8.83 Å². The SMILES string of the molecule is c1cc(-c2ccccc2-n2c3ccccc3c3ccccc32)cc(N(c2cccc(-c3cc4ccccc4c4cc(-c5cccc6c5oc5c(-c7cccc(N(c8ccc(-c9ccc%10c(ccc%11ccccc%11%10)c9)cc8)c8cccc(-c9ccccc9-n9c%10ccccc%10c%10ccccc%109)c8)c7)cccc56)ccc34)c2)c2cccc(-c3cccc4c3oc3ccccc34)c2)c1. The second-order valence-corrected chi connectivity index (χ2v) is 34.1. The van der Waals surface area contributed by atoms with Gasteiger partial charge in [-0.25, -0.2) is 0 Å². The largest absolute Gasteiger partial charge is 0.455 e. The van der Waals surface area contributed by atoms with Crippen molar-refractivity contribution in [3.8, 4) is 89.3 Å². The fraction of sp³-hybridized carbons (Fsp3) is 0. The molecular weight excluding hydrogens is 1580 g/mol. The maximum Gasteiger partial charge on any atom is 0.143 e. The molecule has 26 rings (SSSR count). The standard InChI is InChI=1S/C124H78N4O2/c1-3-39-96-80(27-1)61-62-88-71-81(65-69-98(88)96)79-63-67-90(68-64-79)125(91-34-19-29-82(72-91)99-41-5-12-54-115(99)127-117-56-14-7-43-105(117)106-44-8-15-57-118(106)127)92-35-21-32-85(74-92)102-49-25-52-111-112-53-26-50-103(124(112)130-123(102)111)89-66-70-104-113(77-87-28-2-4-40-97(87)114(104)78-89)86-33-23-38-95(76-86)126(94-37-22-31-84(75-94)101-48-24-51-110-109-47-11-18-60-121(109)129-122(101)110)93-36-20-30-83(73-93)100-42-6-13-55-116(100)128-119-58-16-9-45-107(119)108-46-10-17-59-120(108)128/h1-78H. The molecule has 0 radical (unpaired) electrons. The molecule has 6 nitrogen and oxygen atoms in total. The Kier molecular flexibility index (Phi) is 17.2. The number of para-hydroxylation sites is 10. The van der Waals surface area contributed by atoms with E-state index in [-0.39, 0.29) is 0 Å². The van der Waals surface area contributed by atoms with E-state index in [9.17, 15) is 0 Å². The molecule has 0 unspecified atom stereocenters. The Morgan fingerprint density at radius 2 is 0.477 bits per heavy atom. The third-order valence-electron chi connectivity index (χ3n) is 26.8. The summed E-state index contributed by atoms with van der Waals surface area (Å²) < 4.78 is 19.1. The van der Waals surface area contributed by atoms with Gasteiger partial charge >= 0.3 is 0 Å². The highest BCUT2D eigenvalue weighted by Gasteiger charge is 2.26. The first kappa shape index (κ1) is 74.1. The Morgan fingerprint density at radius 3 is 0.985 bits per heavy atom. The summed E-state index contributed by atoms with van der Waals surface area (Å²) in [5.41, 5.74) is 31.6. The van der Waals surface area contributed by atoms with Crippen molar-refractivity contribution in [3.05, 3.63) is 473 Å². The summed E-state index contributed by atoms with van der Waals surface area (Å²) in [6, 6.07) is 173. The zero-order valence-electron chi connectivity index (χ0n) is 70.6. The molecule has 26 aromatic rings. The maximum atomic E-state index is 7.48. The van der Waals surface area contributed by atoms with E-state index >= 15 is 0 Å². The first-order chi connectivity index (χ1) is 64.5. The Bertz CT molecular complexity index is 9010. The highest BCUT2D eigenvalue weighted by molar-refractivity contribution is 6.19. The van der Waals surface area contributed by atoms with Gasteiger partial charge in [0.2, 0.25) is 0 Å². The van der Waals surface area contributed by atoms with E-state index in [2.05, 4.69) is 486 Å². The van der Waals surface area contributed by atoms with Gasteiger partial charge in [0.05, 0.1) is 33.4 Å². The maximum absolute atomic E-state index is 7.48. The average Bonchev–Trinajstić information content (AvgIpc) is 1.39. The molecule has 0 spiro atoms. The Labute approximate surface area is 749 Å². The number of benzene rings is 22. The quantitative estimate of drug-likeness (QED) is 0.0960. The molecule has 0 saturated carbocycles. The lowest BCUT2D eigenvalue weighted by Gasteiger charge is -2.27. The van der Waals surface area contributed by atoms with Gasteiger partial charge in [-0.2, -0.15) is 0 Å². The third-order valence-corrected chi connectivity index (χ3v) is 26.8. The smallest absolute Gasteiger partial charge is 0.143 e. The first-order valence-electron chi connectivity index (χ1n) is 44.6. The van der Waals surface area contributed by atoms with Gasteiger partial charge in [0.25, 0.3) is 0 Å². The highest BCUT2D eigenvalue weighted by Crippen LogP contribution is 2.50. The van der Waals surface area contributed by atoms with Crippen molar-refractivity contribution in [2.45, 2.75) is 0 Å². The molecule has 0 saturated heterocycles. The molecule has 6 heteroatoms. The van der Waals surface area contributed by atoms with E-state index in [0.29, 0.717) is 0 Å². The van der Waals surface area contributed by atoms with Crippen molar-refractivity contribution in [1.29, 1.82) is 0 Å². The molecule has 22 aromatic carbocycles. The summed E-state index contributed by atoms with van der Waals surface area (Å²) in [4.78, 5) is 4.83. The van der Waals surface area contributed by atoms with Crippen molar-refractivity contribution in [2.24, 2.45) is 0 Å². The lowest BCUT2D eigenvalue weighted by atomic mass is 9.90. The molecule has 0 aliphatic rings. The molecule has 0 aliphatic heterocycles. The number of furan rings is 2. The fourth-order valence-corrected chi connectivity index (χ4v) is 20.9. The van der Waals surface area contributed by atoms with Crippen molar-refractivity contribution in [1.82, 2.24) is 9.13 Å². The number of fused-ring (bicyclic) bond motifs is 18. The number of nitrogens with zero attached hydrogens (tertiary/aromatic N) is 4. The van der Waals surface area contributed by atoms with Gasteiger partial charge in [-0.05, 0) is 227 Å². The topological polar surface area (TPSA) is 42.6 Å². The summed E-state index contributed by atoms with van der Waals surface area (Å²) in [5, 5.41) is 18.8. The van der Waals surface area contributed by atoms with Gasteiger partial charge in [-0.3, -0.25) is 0 Å². The number of rotatable bonds is 15. The number of hydrogen-bond acceptors (Lipinski definition) is 4. The Balaban J connectivity index is 0.583. The third kappa shape index (κ3) is 12.2. The monoisotopic (exact) mass is 1650 g/mol. The van der Waals surface area contributed by atoms with Gasteiger partial charge < -0.3 is 27.8 Å². The van der Waals surface area contributed by atoms with Crippen LogP contribution in [0.4, 0.5) is 34.1 Å². The summed E-state index contributed by atoms with van der Waals surface area (Å²) in [7, 11) is 0. The first-order valence-corrected chi connectivity index (χ1v) is 44.6. The minimum Gasteiger partial charge on any atom is -0.455 e. The summed E-state index contributed by atoms with van der Waals surface area (Å²) in [6.07, 6.45) is 0. The van der Waals surface area contributed by atoms with Crippen LogP contribution in [0.1, 0.15) is 0 Å². The van der Waals surface area contributed by atoms with E-state index in [1.807, 2.05) is 6.07 Å². The average molecular weight is 1660 g/mol. The Morgan fingerprint density at radius 1 is 0.154 bits per heavy atom. The van der Waals surface area contributed by atoms with E-state index < -0.39 is 0 Å². The predicted molar refractivity (Wildman–Crippen MR) is 547 cm³/mol. The molecule has 0 bridgehead atoms. The lowest BCUT2D eigenvalue weighted by Crippen LogP contribution is -2.10. The van der Waals surface area contributed by atoms with E-state index in [1.54, 1.807) is 0 Å². The second-order valence-electron chi connectivity index (χ2n) is 34.1. The van der Waals surface area contributed by atoms with Crippen molar-refractivity contribution in [2.75, 3.05) is 9.80 Å². The van der Waals surface area contributed by atoms with Crippen LogP contribution in [0.3, 0.4) is 0 Å². The molecule has 0 fully saturated rings. The highest BCUT2D eigenvalue weighted by atomic mass is 16.3. The van der Waals surface area contributed by atoms with Crippen LogP contribution in [0.5, 0.6) is 0 Å². The molecule has 606 valence electrons. The lowest BCUT2D eigenvalue weighted by molar-refractivity contribution is 0.670. The van der Waals surface area contributed by atoms with Crippen molar-refractivity contribution >= 4 is 165 Å². The van der Waals surface area contributed by atoms with Gasteiger partial charge in [-0.1, -0.05) is 340 Å². The number of anilines is 6. The van der Waals surface area contributed by atoms with Crippen LogP contribution in [0.25, 0.3) is 220 Å². The molecule has 4 aromatic heterocycles. The molecule has 0 atom stereocenters. The molecule has 4 heterocycles. The molecule has 0 amide bonds. The number of aromatic nitrogens is 2. The minimum atomic E-state index is 0.832. The predicted octanol–water partition coefficient (Wildman–Crippen LogP) is 34.9. The number of hydrogen-bond donors (Lipinski definition) is 0. The van der Waals surface area contributed by atoms with Crippen LogP contribution >= 0.6 is 0 Å². The van der Waals surface area contributed by atoms with Gasteiger partial charge in [0, 0.05) is 105 Å². The van der Waals surface area contributed by atoms with Crippen LogP contribution in [0, 0.1) is 0 Å². The van der Waals surface area contributed by atoms with E-state index in [0.717, 1.165) is 178 Å². The second kappa shape index (κ2) is 30.2. The van der Waals surface area contributed by atoms with Gasteiger partial charge in [0.15, 0.2) is 0 Å². The molecule has 0 aliphatic carbocycles.